The highest BCUT2D eigenvalue weighted by atomic mass is 79.9. The number of rotatable bonds is 5. The van der Waals surface area contributed by atoms with Gasteiger partial charge in [0.25, 0.3) is 0 Å². The molecule has 1 aromatic rings. The number of aliphatic hydroxyl groups is 1. The van der Waals surface area contributed by atoms with Gasteiger partial charge in [0, 0.05) is 23.2 Å². The molecule has 0 bridgehead atoms. The number of carbonyl (C=O) groups is 2. The molecule has 1 aromatic carbocycles. The molecule has 0 heterocycles. The number of benzene rings is 1. The Morgan fingerprint density at radius 1 is 1.42 bits per heavy atom. The third-order valence-electron chi connectivity index (χ3n) is 2.20. The van der Waals surface area contributed by atoms with Gasteiger partial charge in [-0.3, -0.25) is 0 Å². The molecule has 8 heteroatoms. The van der Waals surface area contributed by atoms with E-state index in [1.54, 1.807) is 18.2 Å². The summed E-state index contributed by atoms with van der Waals surface area (Å²) < 4.78 is 0.608. The van der Waals surface area contributed by atoms with Crippen LogP contribution in [0.1, 0.15) is 6.42 Å². The van der Waals surface area contributed by atoms with E-state index in [0.29, 0.717) is 15.2 Å². The number of nitrogens with one attached hydrogen (secondary N) is 2. The second-order valence-electron chi connectivity index (χ2n) is 3.63. The first kappa shape index (κ1) is 15.7. The van der Waals surface area contributed by atoms with Crippen molar-refractivity contribution < 1.29 is 19.8 Å². The Labute approximate surface area is 122 Å². The third-order valence-corrected chi connectivity index (χ3v) is 3.41. The summed E-state index contributed by atoms with van der Waals surface area (Å²) in [6, 6.07) is 2.94. The lowest BCUT2D eigenvalue weighted by Crippen LogP contribution is -2.43. The van der Waals surface area contributed by atoms with Gasteiger partial charge in [0.2, 0.25) is 0 Å². The minimum absolute atomic E-state index is 0.0624. The number of carbonyl (C=O) groups excluding carboxylic acids is 1. The lowest BCUT2D eigenvalue weighted by atomic mass is 10.2. The van der Waals surface area contributed by atoms with Crippen LogP contribution in [0.5, 0.6) is 0 Å². The summed E-state index contributed by atoms with van der Waals surface area (Å²) >= 11 is 9.01. The Hall–Kier alpha value is -1.31. The number of aliphatic carboxylic acids is 1. The zero-order chi connectivity index (χ0) is 14.4. The first-order chi connectivity index (χ1) is 8.93. The molecule has 4 N–H and O–H groups in total. The lowest BCUT2D eigenvalue weighted by Gasteiger charge is -2.14. The molecule has 0 spiro atoms. The summed E-state index contributed by atoms with van der Waals surface area (Å²) in [6.07, 6.45) is -0.0624. The van der Waals surface area contributed by atoms with Gasteiger partial charge in [0.05, 0.1) is 5.02 Å². The van der Waals surface area contributed by atoms with E-state index in [1.165, 1.54) is 0 Å². The predicted molar refractivity (Wildman–Crippen MR) is 74.4 cm³/mol. The molecule has 0 fully saturated rings. The molecule has 0 aliphatic rings. The maximum atomic E-state index is 11.6. The molecular formula is C11H12BrClN2O4. The summed E-state index contributed by atoms with van der Waals surface area (Å²) in [4.78, 5) is 22.4. The van der Waals surface area contributed by atoms with Crippen molar-refractivity contribution in [2.45, 2.75) is 12.5 Å². The first-order valence-corrected chi connectivity index (χ1v) is 6.47. The molecule has 0 aliphatic heterocycles. The van der Waals surface area contributed by atoms with Crippen LogP contribution >= 0.6 is 27.5 Å². The van der Waals surface area contributed by atoms with E-state index < -0.39 is 18.0 Å². The van der Waals surface area contributed by atoms with Crippen LogP contribution in [-0.4, -0.2) is 34.9 Å². The van der Waals surface area contributed by atoms with Crippen molar-refractivity contribution >= 4 is 45.2 Å². The number of amides is 2. The molecule has 1 rings (SSSR count). The third kappa shape index (κ3) is 5.06. The van der Waals surface area contributed by atoms with Gasteiger partial charge in [-0.25, -0.2) is 9.59 Å². The fourth-order valence-corrected chi connectivity index (χ4v) is 1.78. The van der Waals surface area contributed by atoms with Crippen LogP contribution in [0, 0.1) is 0 Å². The highest BCUT2D eigenvalue weighted by molar-refractivity contribution is 9.10. The van der Waals surface area contributed by atoms with Crippen molar-refractivity contribution in [1.82, 2.24) is 5.32 Å². The van der Waals surface area contributed by atoms with E-state index in [2.05, 4.69) is 26.6 Å². The van der Waals surface area contributed by atoms with Gasteiger partial charge < -0.3 is 20.8 Å². The molecule has 0 unspecified atom stereocenters. The van der Waals surface area contributed by atoms with E-state index in [9.17, 15) is 9.59 Å². The van der Waals surface area contributed by atoms with E-state index in [0.717, 1.165) is 0 Å². The molecule has 0 saturated heterocycles. The maximum absolute atomic E-state index is 11.6. The monoisotopic (exact) mass is 350 g/mol. The van der Waals surface area contributed by atoms with E-state index in [1.807, 2.05) is 0 Å². The number of aliphatic hydroxyl groups excluding tert-OH is 1. The van der Waals surface area contributed by atoms with Gasteiger partial charge in [0.1, 0.15) is 6.04 Å². The number of anilines is 1. The molecule has 19 heavy (non-hydrogen) atoms. The Kier molecular flexibility index (Phi) is 6.07. The van der Waals surface area contributed by atoms with Crippen molar-refractivity contribution in [2.24, 2.45) is 0 Å². The number of hydrogen-bond acceptors (Lipinski definition) is 3. The van der Waals surface area contributed by atoms with Crippen LogP contribution in [0.15, 0.2) is 22.7 Å². The minimum Gasteiger partial charge on any atom is -0.480 e. The van der Waals surface area contributed by atoms with Crippen molar-refractivity contribution in [3.8, 4) is 0 Å². The summed E-state index contributed by atoms with van der Waals surface area (Å²) in [5, 5.41) is 22.7. The van der Waals surface area contributed by atoms with Gasteiger partial charge in [-0.2, -0.15) is 0 Å². The average molecular weight is 352 g/mol. The van der Waals surface area contributed by atoms with Gasteiger partial charge in [-0.15, -0.1) is 0 Å². The smallest absolute Gasteiger partial charge is 0.326 e. The van der Waals surface area contributed by atoms with Crippen molar-refractivity contribution in [1.29, 1.82) is 0 Å². The predicted octanol–water partition coefficient (Wildman–Crippen LogP) is 2.06. The second kappa shape index (κ2) is 7.32. The Bertz CT molecular complexity index is 484. The van der Waals surface area contributed by atoms with E-state index in [-0.39, 0.29) is 13.0 Å². The van der Waals surface area contributed by atoms with Crippen LogP contribution in [0.4, 0.5) is 10.5 Å². The van der Waals surface area contributed by atoms with Crippen LogP contribution in [0.3, 0.4) is 0 Å². The average Bonchev–Trinajstić information content (AvgIpc) is 2.33. The van der Waals surface area contributed by atoms with Crippen molar-refractivity contribution in [3.63, 3.8) is 0 Å². The largest absolute Gasteiger partial charge is 0.480 e. The van der Waals surface area contributed by atoms with E-state index >= 15 is 0 Å². The van der Waals surface area contributed by atoms with Gasteiger partial charge in [0.15, 0.2) is 0 Å². The molecule has 0 aliphatic carbocycles. The molecule has 1 atom stereocenters. The van der Waals surface area contributed by atoms with Crippen molar-refractivity contribution in [2.75, 3.05) is 11.9 Å². The van der Waals surface area contributed by atoms with Crippen LogP contribution < -0.4 is 10.6 Å². The van der Waals surface area contributed by atoms with Crippen LogP contribution in [-0.2, 0) is 4.79 Å². The molecule has 0 saturated carbocycles. The maximum Gasteiger partial charge on any atom is 0.326 e. The molecule has 0 radical (unpaired) electrons. The Morgan fingerprint density at radius 3 is 2.63 bits per heavy atom. The summed E-state index contributed by atoms with van der Waals surface area (Å²) in [5.74, 6) is -1.21. The fourth-order valence-electron chi connectivity index (χ4n) is 1.29. The van der Waals surface area contributed by atoms with Crippen molar-refractivity contribution in [3.05, 3.63) is 27.7 Å². The quantitative estimate of drug-likeness (QED) is 0.652. The molecular weight excluding hydrogens is 339 g/mol. The minimum atomic E-state index is -1.21. The van der Waals surface area contributed by atoms with Crippen LogP contribution in [0.25, 0.3) is 0 Å². The summed E-state index contributed by atoms with van der Waals surface area (Å²) in [5.41, 5.74) is 0.460. The number of hydrogen-bond donors (Lipinski definition) is 4. The highest BCUT2D eigenvalue weighted by Crippen LogP contribution is 2.25. The fraction of sp³-hybridized carbons (Fsp3) is 0.273. The Morgan fingerprint density at radius 2 is 2.11 bits per heavy atom. The number of urea groups is 1. The molecule has 2 amide bonds. The van der Waals surface area contributed by atoms with Gasteiger partial charge >= 0.3 is 12.0 Å². The summed E-state index contributed by atoms with van der Waals surface area (Å²) in [6.45, 7) is -0.330. The number of carboxylic acids is 1. The van der Waals surface area contributed by atoms with Crippen LogP contribution in [0.2, 0.25) is 5.02 Å². The topological polar surface area (TPSA) is 98.7 Å². The number of halogens is 2. The zero-order valence-electron chi connectivity index (χ0n) is 9.69. The van der Waals surface area contributed by atoms with Gasteiger partial charge in [-0.05, 0) is 34.1 Å². The number of carboxylic acid groups (broad SMARTS) is 1. The lowest BCUT2D eigenvalue weighted by molar-refractivity contribution is -0.139. The standard InChI is InChI=1S/C11H12BrClN2O4/c12-7-5-6(1-2-8(7)13)14-11(19)15-9(3-4-16)10(17)18/h1-2,5,9,16H,3-4H2,(H,17,18)(H2,14,15,19)/t9-/m1/s1. The molecule has 0 aromatic heterocycles. The Balaban J connectivity index is 2.63. The van der Waals surface area contributed by atoms with Gasteiger partial charge in [-0.1, -0.05) is 11.6 Å². The SMILES string of the molecule is O=C(Nc1ccc(Cl)c(Br)c1)N[C@H](CCO)C(=O)O. The van der Waals surface area contributed by atoms with E-state index in [4.69, 9.17) is 21.8 Å². The zero-order valence-corrected chi connectivity index (χ0v) is 12.0. The molecule has 104 valence electrons. The summed E-state index contributed by atoms with van der Waals surface area (Å²) in [7, 11) is 0. The second-order valence-corrected chi connectivity index (χ2v) is 4.89. The first-order valence-electron chi connectivity index (χ1n) is 5.30. The highest BCUT2D eigenvalue weighted by Gasteiger charge is 2.19. The molecule has 6 nitrogen and oxygen atoms in total. The normalized spacial score (nSPS) is 11.7.